The molecule has 372 valence electrons. The van der Waals surface area contributed by atoms with Gasteiger partial charge in [0.05, 0.1) is 35.2 Å². The number of carbonyl (C=O) groups is 2. The molecule has 7 aromatic rings. The van der Waals surface area contributed by atoms with Crippen molar-refractivity contribution in [1.29, 1.82) is 0 Å². The Labute approximate surface area is 411 Å². The number of aryl methyl sites for hydroxylation is 2. The summed E-state index contributed by atoms with van der Waals surface area (Å²) in [6.45, 7) is 6.80. The quantitative estimate of drug-likeness (QED) is 0.0279. The van der Waals surface area contributed by atoms with Gasteiger partial charge in [0.25, 0.3) is 10.0 Å². The van der Waals surface area contributed by atoms with Crippen LogP contribution in [-0.2, 0) is 48.5 Å². The number of carbonyl (C=O) groups excluding carboxylic acids is 2. The van der Waals surface area contributed by atoms with Crippen molar-refractivity contribution in [1.82, 2.24) is 13.8 Å². The number of aliphatic hydroxyl groups is 1. The zero-order valence-corrected chi connectivity index (χ0v) is 40.7. The van der Waals surface area contributed by atoms with Crippen molar-refractivity contribution >= 4 is 32.9 Å². The number of nitro groups is 1. The molecule has 5 aromatic carbocycles. The number of hydrogen-bond donors (Lipinski definition) is 1. The summed E-state index contributed by atoms with van der Waals surface area (Å²) in [6, 6.07) is 30.4. The van der Waals surface area contributed by atoms with Crippen molar-refractivity contribution in [2.45, 2.75) is 96.3 Å². The van der Waals surface area contributed by atoms with E-state index >= 15 is 8.78 Å². The van der Waals surface area contributed by atoms with Crippen LogP contribution in [0.4, 0.5) is 8.78 Å². The average molecular weight is 991 g/mol. The van der Waals surface area contributed by atoms with Gasteiger partial charge in [-0.25, -0.2) is 21.2 Å². The van der Waals surface area contributed by atoms with Gasteiger partial charge < -0.3 is 19.3 Å². The Bertz CT molecular complexity index is 3120. The van der Waals surface area contributed by atoms with Crippen molar-refractivity contribution in [3.05, 3.63) is 177 Å². The van der Waals surface area contributed by atoms with E-state index in [4.69, 9.17) is 19.3 Å². The molecule has 17 heteroatoms. The van der Waals surface area contributed by atoms with Crippen molar-refractivity contribution < 1.29 is 51.0 Å². The topological polar surface area (TPSA) is 182 Å². The Morgan fingerprint density at radius 1 is 0.859 bits per heavy atom. The summed E-state index contributed by atoms with van der Waals surface area (Å²) in [5.41, 5.74) is 2.82. The first-order valence-electron chi connectivity index (χ1n) is 23.3. The molecule has 0 spiro atoms. The molecule has 0 aliphatic carbocycles. The minimum Gasteiger partial charge on any atom is -0.466 e. The second-order valence-electron chi connectivity index (χ2n) is 18.1. The van der Waals surface area contributed by atoms with Gasteiger partial charge in [0.2, 0.25) is 6.54 Å². The van der Waals surface area contributed by atoms with E-state index in [1.807, 2.05) is 37.3 Å². The predicted molar refractivity (Wildman–Crippen MR) is 263 cm³/mol. The van der Waals surface area contributed by atoms with Crippen LogP contribution in [0, 0.1) is 34.1 Å². The zero-order chi connectivity index (χ0) is 50.9. The minimum absolute atomic E-state index is 0.00690. The fourth-order valence-corrected chi connectivity index (χ4v) is 9.76. The Kier molecular flexibility index (Phi) is 16.5. The largest absolute Gasteiger partial charge is 0.466 e. The monoisotopic (exact) mass is 990 g/mol. The molecule has 0 aliphatic rings. The third-order valence-corrected chi connectivity index (χ3v) is 14.2. The van der Waals surface area contributed by atoms with Gasteiger partial charge in [-0.05, 0) is 97.7 Å². The number of halogens is 2. The van der Waals surface area contributed by atoms with Crippen molar-refractivity contribution in [2.75, 3.05) is 13.2 Å². The summed E-state index contributed by atoms with van der Waals surface area (Å²) in [5, 5.41) is 26.7. The lowest BCUT2D eigenvalue weighted by Crippen LogP contribution is -2.35. The van der Waals surface area contributed by atoms with Gasteiger partial charge in [0, 0.05) is 46.3 Å². The van der Waals surface area contributed by atoms with Gasteiger partial charge in [0.15, 0.2) is 11.6 Å². The molecule has 2 heterocycles. The number of rotatable bonds is 23. The highest BCUT2D eigenvalue weighted by atomic mass is 32.2. The SMILES string of the molecule is CCOC(=O)CCc1cccc(C(CCCCC(C)(C)C(O)C[N+](=O)[O-])n2ccc(-c3cc(Oc4c(F)cc5c(ccn5S(=O)(=O)c5ccc(C)cc5)c4CC(=O)OCc4ccccc4)ccc3F)n2)c1. The van der Waals surface area contributed by atoms with Crippen molar-refractivity contribution in [2.24, 2.45) is 5.41 Å². The molecular formula is C54H56F2N4O10S. The minimum atomic E-state index is -4.22. The molecule has 14 nitrogen and oxygen atoms in total. The maximum absolute atomic E-state index is 16.6. The Morgan fingerprint density at radius 3 is 2.34 bits per heavy atom. The molecule has 2 aromatic heterocycles. The molecule has 2 atom stereocenters. The number of aliphatic hydroxyl groups excluding tert-OH is 1. The van der Waals surface area contributed by atoms with E-state index in [2.05, 4.69) is 0 Å². The maximum atomic E-state index is 16.6. The second kappa shape index (κ2) is 22.7. The van der Waals surface area contributed by atoms with Gasteiger partial charge in [-0.15, -0.1) is 0 Å². The van der Waals surface area contributed by atoms with Crippen LogP contribution in [0.15, 0.2) is 133 Å². The van der Waals surface area contributed by atoms with Crippen LogP contribution in [-0.4, -0.2) is 63.4 Å². The van der Waals surface area contributed by atoms with E-state index < -0.39 is 57.0 Å². The Balaban J connectivity index is 1.20. The Morgan fingerprint density at radius 2 is 1.61 bits per heavy atom. The fourth-order valence-electron chi connectivity index (χ4n) is 8.43. The normalized spacial score (nSPS) is 12.7. The first-order valence-corrected chi connectivity index (χ1v) is 24.8. The van der Waals surface area contributed by atoms with Crippen LogP contribution < -0.4 is 4.74 Å². The predicted octanol–water partition coefficient (Wildman–Crippen LogP) is 10.7. The van der Waals surface area contributed by atoms with E-state index in [0.29, 0.717) is 32.1 Å². The van der Waals surface area contributed by atoms with Crippen LogP contribution in [0.25, 0.3) is 22.2 Å². The molecule has 0 aliphatic heterocycles. The molecule has 0 saturated carbocycles. The van der Waals surface area contributed by atoms with Crippen LogP contribution in [0.1, 0.15) is 86.7 Å². The lowest BCUT2D eigenvalue weighted by Gasteiger charge is -2.28. The lowest BCUT2D eigenvalue weighted by molar-refractivity contribution is -0.494. The number of nitrogens with zero attached hydrogens (tertiary/aromatic N) is 4. The summed E-state index contributed by atoms with van der Waals surface area (Å²) in [6.07, 6.45) is 4.31. The molecule has 2 unspecified atom stereocenters. The van der Waals surface area contributed by atoms with Crippen LogP contribution in [0.2, 0.25) is 0 Å². The summed E-state index contributed by atoms with van der Waals surface area (Å²) < 4.78 is 79.9. The van der Waals surface area contributed by atoms with Gasteiger partial charge in [-0.3, -0.25) is 24.4 Å². The summed E-state index contributed by atoms with van der Waals surface area (Å²) in [4.78, 5) is 36.3. The highest BCUT2D eigenvalue weighted by Gasteiger charge is 2.32. The maximum Gasteiger partial charge on any atom is 0.310 e. The molecule has 71 heavy (non-hydrogen) atoms. The van der Waals surface area contributed by atoms with Gasteiger partial charge in [-0.2, -0.15) is 5.10 Å². The number of unbranched alkanes of at least 4 members (excludes halogenated alkanes) is 1. The number of esters is 2. The zero-order valence-electron chi connectivity index (χ0n) is 39.9. The molecule has 0 radical (unpaired) electrons. The summed E-state index contributed by atoms with van der Waals surface area (Å²) in [7, 11) is -4.22. The third kappa shape index (κ3) is 12.8. The van der Waals surface area contributed by atoms with Crippen LogP contribution in [0.5, 0.6) is 11.5 Å². The number of ether oxygens (including phenoxy) is 3. The van der Waals surface area contributed by atoms with Crippen molar-refractivity contribution in [3.8, 4) is 22.8 Å². The van der Waals surface area contributed by atoms with E-state index in [9.17, 15) is 33.2 Å². The third-order valence-electron chi connectivity index (χ3n) is 12.5. The summed E-state index contributed by atoms with van der Waals surface area (Å²) in [5.74, 6) is -3.09. The molecule has 7 rings (SSSR count). The molecule has 0 fully saturated rings. The fraction of sp³-hybridized carbons (Fsp3) is 0.315. The lowest BCUT2D eigenvalue weighted by atomic mass is 9.81. The Hall–Kier alpha value is -7.24. The highest BCUT2D eigenvalue weighted by molar-refractivity contribution is 7.90. The molecule has 0 amide bonds. The average Bonchev–Trinajstić information content (AvgIpc) is 4.01. The molecule has 0 bridgehead atoms. The summed E-state index contributed by atoms with van der Waals surface area (Å²) >= 11 is 0. The molecular weight excluding hydrogens is 935 g/mol. The molecule has 1 N–H and O–H groups in total. The van der Waals surface area contributed by atoms with Gasteiger partial charge in [-0.1, -0.05) is 99.0 Å². The van der Waals surface area contributed by atoms with Crippen LogP contribution in [0.3, 0.4) is 0 Å². The van der Waals surface area contributed by atoms with Crippen LogP contribution >= 0.6 is 0 Å². The number of aromatic nitrogens is 3. The van der Waals surface area contributed by atoms with E-state index in [0.717, 1.165) is 38.4 Å². The number of hydrogen-bond acceptors (Lipinski definition) is 11. The van der Waals surface area contributed by atoms with E-state index in [1.165, 1.54) is 36.5 Å². The molecule has 0 saturated heterocycles. The van der Waals surface area contributed by atoms with E-state index in [1.54, 1.807) is 74.1 Å². The smallest absolute Gasteiger partial charge is 0.310 e. The standard InChI is InChI=1S/C54H56F2N4O10S/c1-5-68-51(62)24-19-37-14-11-15-39(30-37)48(16-9-10-27-54(3,4)50(61)34-60(64)65)58-28-26-47(57-58)44-31-40(20-23-45(44)55)70-53-43(32-52(63)69-35-38-12-7-6-8-13-38)42-25-29-59(49(42)33-46(53)56)71(66,67)41-21-17-36(2)18-22-41/h6-8,11-15,17-18,20-23,25-26,28-31,33,48,50,61H,5,9-10,16,19,24,27,32,34-35H2,1-4H3. The second-order valence-corrected chi connectivity index (χ2v) is 19.9. The number of fused-ring (bicyclic) bond motifs is 1. The first-order chi connectivity index (χ1) is 33.9. The van der Waals surface area contributed by atoms with Crippen molar-refractivity contribution in [3.63, 3.8) is 0 Å². The van der Waals surface area contributed by atoms with E-state index in [-0.39, 0.29) is 75.8 Å². The van der Waals surface area contributed by atoms with Gasteiger partial charge in [0.1, 0.15) is 24.3 Å². The van der Waals surface area contributed by atoms with Gasteiger partial charge >= 0.3 is 11.9 Å². The highest BCUT2D eigenvalue weighted by Crippen LogP contribution is 2.39. The first kappa shape index (κ1) is 51.6. The number of benzene rings is 5.